The summed E-state index contributed by atoms with van der Waals surface area (Å²) in [4.78, 5) is 34.1. The van der Waals surface area contributed by atoms with Gasteiger partial charge in [-0.1, -0.05) is 6.92 Å². The summed E-state index contributed by atoms with van der Waals surface area (Å²) < 4.78 is 31.8. The summed E-state index contributed by atoms with van der Waals surface area (Å²) in [5.74, 6) is -1.06. The second kappa shape index (κ2) is 7.06. The van der Waals surface area contributed by atoms with Crippen molar-refractivity contribution >= 4 is 28.9 Å². The fraction of sp³-hybridized carbons (Fsp3) is 0.562. The number of nitrogens with zero attached hydrogens (tertiary/aromatic N) is 4. The van der Waals surface area contributed by atoms with Crippen molar-refractivity contribution < 1.29 is 28.2 Å². The number of hydrogen-bond donors (Lipinski definition) is 1. The number of aromatic nitrogens is 4. The molecule has 146 valence electrons. The Labute approximate surface area is 153 Å². The molecule has 1 fully saturated rings. The number of rotatable bonds is 5. The first-order chi connectivity index (χ1) is 12.8. The molecule has 1 aliphatic rings. The maximum absolute atomic E-state index is 13.6. The van der Waals surface area contributed by atoms with Gasteiger partial charge >= 0.3 is 18.0 Å². The Kier molecular flexibility index (Phi) is 4.96. The first-order valence-corrected chi connectivity index (χ1v) is 8.39. The third-order valence-electron chi connectivity index (χ3n) is 4.53. The van der Waals surface area contributed by atoms with Crippen molar-refractivity contribution in [1.29, 1.82) is 0 Å². The van der Waals surface area contributed by atoms with E-state index in [1.165, 1.54) is 24.7 Å². The van der Waals surface area contributed by atoms with Crippen molar-refractivity contribution in [3.8, 4) is 0 Å². The molecule has 0 saturated carbocycles. The average Bonchev–Trinajstić information content (AvgIpc) is 3.14. The van der Waals surface area contributed by atoms with Gasteiger partial charge in [0.25, 0.3) is 0 Å². The van der Waals surface area contributed by atoms with Gasteiger partial charge in [-0.15, -0.1) is 0 Å². The minimum Gasteiger partial charge on any atom is -0.463 e. The van der Waals surface area contributed by atoms with Crippen molar-refractivity contribution in [2.24, 2.45) is 0 Å². The van der Waals surface area contributed by atoms with Gasteiger partial charge in [-0.05, 0) is 6.42 Å². The molecule has 2 aromatic heterocycles. The van der Waals surface area contributed by atoms with Crippen LogP contribution in [0, 0.1) is 6.08 Å². The van der Waals surface area contributed by atoms with Crippen molar-refractivity contribution in [3.05, 3.63) is 12.4 Å². The van der Waals surface area contributed by atoms with E-state index in [2.05, 4.69) is 15.0 Å². The molecule has 0 radical (unpaired) electrons. The molecule has 27 heavy (non-hydrogen) atoms. The number of carbonyl (C=O) groups excluding carboxylic acids is 2. The molecular weight excluding hydrogens is 361 g/mol. The zero-order chi connectivity index (χ0) is 19.8. The summed E-state index contributed by atoms with van der Waals surface area (Å²) in [6.07, 6.45) is -0.284. The Morgan fingerprint density at radius 2 is 2.15 bits per heavy atom. The molecule has 2 N–H and O–H groups in total. The topological polar surface area (TPSA) is 131 Å². The van der Waals surface area contributed by atoms with Crippen molar-refractivity contribution in [2.75, 3.05) is 12.3 Å². The van der Waals surface area contributed by atoms with Crippen LogP contribution in [0.5, 0.6) is 0 Å². The molecule has 0 amide bonds. The second-order valence-corrected chi connectivity index (χ2v) is 6.31. The number of imidazole rings is 1. The average molecular weight is 381 g/mol. The van der Waals surface area contributed by atoms with Crippen LogP contribution in [0.25, 0.3) is 11.2 Å². The summed E-state index contributed by atoms with van der Waals surface area (Å²) in [7, 11) is 0. The molecule has 3 heterocycles. The highest BCUT2D eigenvalue weighted by molar-refractivity contribution is 5.81. The Morgan fingerprint density at radius 1 is 1.41 bits per heavy atom. The summed E-state index contributed by atoms with van der Waals surface area (Å²) in [5, 5.41) is 0. The van der Waals surface area contributed by atoms with Gasteiger partial charge in [0, 0.05) is 20.3 Å². The van der Waals surface area contributed by atoms with Gasteiger partial charge in [-0.25, -0.2) is 4.98 Å². The number of esters is 2. The highest BCUT2D eigenvalue weighted by atomic mass is 19.1. The van der Waals surface area contributed by atoms with Crippen LogP contribution in [0.15, 0.2) is 6.33 Å². The van der Waals surface area contributed by atoms with Crippen LogP contribution in [0.2, 0.25) is 0 Å². The maximum Gasteiger partial charge on any atom is 0.312 e. The lowest BCUT2D eigenvalue weighted by Gasteiger charge is -2.32. The van der Waals surface area contributed by atoms with Crippen LogP contribution >= 0.6 is 0 Å². The molecule has 0 aliphatic carbocycles. The second-order valence-electron chi connectivity index (χ2n) is 6.31. The lowest BCUT2D eigenvalue weighted by molar-refractivity contribution is -0.176. The molecule has 10 nitrogen and oxygen atoms in total. The third kappa shape index (κ3) is 3.54. The van der Waals surface area contributed by atoms with E-state index < -0.39 is 35.9 Å². The molecule has 3 atom stereocenters. The smallest absolute Gasteiger partial charge is 0.312 e. The normalized spacial score (nSPS) is 24.9. The zero-order valence-electron chi connectivity index (χ0n) is 15.1. The van der Waals surface area contributed by atoms with Gasteiger partial charge in [0.15, 0.2) is 17.0 Å². The van der Waals surface area contributed by atoms with Gasteiger partial charge in [0.05, 0.1) is 6.33 Å². The van der Waals surface area contributed by atoms with E-state index in [4.69, 9.17) is 19.9 Å². The number of nitrogen functional groups attached to an aromatic ring is 1. The molecule has 2 aromatic rings. The standard InChI is InChI=1S/C16H20FN5O5/c1-4-16(6-25-8(2)23)10(26-9(3)24)5-11(27-16)22-7-19-12-13(18)20-15(17)21-14(12)22/h7,10-11H,4-6H2,1-3H3,(H2,18,20,21)/t10-,11+,16+/m0/s1. The van der Waals surface area contributed by atoms with Gasteiger partial charge in [0.1, 0.15) is 24.5 Å². The molecule has 11 heteroatoms. The first kappa shape index (κ1) is 19.0. The summed E-state index contributed by atoms with van der Waals surface area (Å²) >= 11 is 0. The predicted molar refractivity (Wildman–Crippen MR) is 89.6 cm³/mol. The van der Waals surface area contributed by atoms with Gasteiger partial charge < -0.3 is 19.9 Å². The van der Waals surface area contributed by atoms with Crippen molar-refractivity contribution in [1.82, 2.24) is 19.5 Å². The summed E-state index contributed by atoms with van der Waals surface area (Å²) in [6, 6.07) is 0. The number of carbonyl (C=O) groups is 2. The first-order valence-electron chi connectivity index (χ1n) is 8.39. The van der Waals surface area contributed by atoms with E-state index in [1.807, 2.05) is 6.92 Å². The van der Waals surface area contributed by atoms with E-state index in [0.29, 0.717) is 6.42 Å². The summed E-state index contributed by atoms with van der Waals surface area (Å²) in [6.45, 7) is 4.30. The number of anilines is 1. The zero-order valence-corrected chi connectivity index (χ0v) is 15.1. The number of nitrogens with two attached hydrogens (primary N) is 1. The molecule has 0 unspecified atom stereocenters. The Bertz CT molecular complexity index is 887. The SMILES string of the molecule is CC[C@]1(COC(C)=O)O[C@@H](n2cnc3c(N)nc(F)nc32)C[C@@H]1OC(C)=O. The molecule has 0 spiro atoms. The fourth-order valence-electron chi connectivity index (χ4n) is 3.20. The van der Waals surface area contributed by atoms with E-state index in [1.54, 1.807) is 0 Å². The van der Waals surface area contributed by atoms with E-state index in [0.717, 1.165) is 0 Å². The lowest BCUT2D eigenvalue weighted by atomic mass is 9.94. The molecule has 0 bridgehead atoms. The molecule has 3 rings (SSSR count). The van der Waals surface area contributed by atoms with Crippen LogP contribution in [0.3, 0.4) is 0 Å². The largest absolute Gasteiger partial charge is 0.463 e. The number of ether oxygens (including phenoxy) is 3. The molecule has 1 aliphatic heterocycles. The van der Waals surface area contributed by atoms with Crippen molar-refractivity contribution in [3.63, 3.8) is 0 Å². The van der Waals surface area contributed by atoms with Crippen LogP contribution < -0.4 is 5.73 Å². The molecule has 0 aromatic carbocycles. The minimum atomic E-state index is -1.05. The highest BCUT2D eigenvalue weighted by Crippen LogP contribution is 2.42. The Hall–Kier alpha value is -2.82. The predicted octanol–water partition coefficient (Wildman–Crippen LogP) is 1.11. The number of halogens is 1. The fourth-order valence-corrected chi connectivity index (χ4v) is 3.20. The Morgan fingerprint density at radius 3 is 2.78 bits per heavy atom. The molecular formula is C16H20FN5O5. The van der Waals surface area contributed by atoms with Gasteiger partial charge in [0.2, 0.25) is 0 Å². The van der Waals surface area contributed by atoms with Crippen LogP contribution in [0.1, 0.15) is 39.8 Å². The number of hydrogen-bond acceptors (Lipinski definition) is 9. The van der Waals surface area contributed by atoms with Gasteiger partial charge in [-0.3, -0.25) is 14.2 Å². The van der Waals surface area contributed by atoms with Crippen LogP contribution in [-0.4, -0.2) is 49.8 Å². The van der Waals surface area contributed by atoms with Gasteiger partial charge in [-0.2, -0.15) is 14.4 Å². The van der Waals surface area contributed by atoms with E-state index >= 15 is 0 Å². The highest BCUT2D eigenvalue weighted by Gasteiger charge is 2.51. The quantitative estimate of drug-likeness (QED) is 0.597. The molecule has 1 saturated heterocycles. The van der Waals surface area contributed by atoms with Crippen molar-refractivity contribution in [2.45, 2.75) is 51.5 Å². The monoisotopic (exact) mass is 381 g/mol. The minimum absolute atomic E-state index is 0.0903. The maximum atomic E-state index is 13.6. The Balaban J connectivity index is 1.98. The number of fused-ring (bicyclic) bond motifs is 1. The van der Waals surface area contributed by atoms with E-state index in [-0.39, 0.29) is 30.0 Å². The van der Waals surface area contributed by atoms with Crippen LogP contribution in [-0.2, 0) is 23.8 Å². The summed E-state index contributed by atoms with van der Waals surface area (Å²) in [5.41, 5.74) is 5.03. The lowest BCUT2D eigenvalue weighted by Crippen LogP contribution is -2.45. The van der Waals surface area contributed by atoms with Crippen LogP contribution in [0.4, 0.5) is 10.2 Å². The third-order valence-corrected chi connectivity index (χ3v) is 4.53. The van der Waals surface area contributed by atoms with E-state index in [9.17, 15) is 14.0 Å².